The van der Waals surface area contributed by atoms with Crippen LogP contribution in [0.1, 0.15) is 28.0 Å². The normalized spacial score (nSPS) is 16.2. The number of likely N-dealkylation sites (N-methyl/N-ethyl adjacent to an activating group) is 1. The van der Waals surface area contributed by atoms with Gasteiger partial charge in [-0.15, -0.1) is 0 Å². The van der Waals surface area contributed by atoms with Crippen LogP contribution in [-0.2, 0) is 13.2 Å². The number of hydrogen-bond acceptors (Lipinski definition) is 5. The first kappa shape index (κ1) is 22.7. The number of ether oxygens (including phenoxy) is 1. The van der Waals surface area contributed by atoms with E-state index in [0.29, 0.717) is 17.3 Å². The maximum Gasteiger partial charge on any atom is 0.274 e. The van der Waals surface area contributed by atoms with E-state index >= 15 is 0 Å². The molecular formula is C24H24BrClN4O2. The number of carbonyl (C=O) groups is 1. The first-order valence-electron chi connectivity index (χ1n) is 10.4. The highest BCUT2D eigenvalue weighted by atomic mass is 79.9. The van der Waals surface area contributed by atoms with Crippen molar-refractivity contribution >= 4 is 33.4 Å². The van der Waals surface area contributed by atoms with Crippen LogP contribution < -0.4 is 4.74 Å². The lowest BCUT2D eigenvalue weighted by Crippen LogP contribution is -2.39. The predicted molar refractivity (Wildman–Crippen MR) is 128 cm³/mol. The molecule has 2 heterocycles. The van der Waals surface area contributed by atoms with E-state index in [1.807, 2.05) is 43.4 Å². The molecule has 1 unspecified atom stereocenters. The summed E-state index contributed by atoms with van der Waals surface area (Å²) < 4.78 is 7.14. The first-order valence-corrected chi connectivity index (χ1v) is 11.6. The summed E-state index contributed by atoms with van der Waals surface area (Å²) in [5.41, 5.74) is 2.55. The summed E-state index contributed by atoms with van der Waals surface area (Å²) in [5.74, 6) is 0.759. The maximum absolute atomic E-state index is 12.7. The van der Waals surface area contributed by atoms with Crippen molar-refractivity contribution in [3.63, 3.8) is 0 Å². The molecule has 0 saturated carbocycles. The Morgan fingerprint density at radius 2 is 2.06 bits per heavy atom. The average Bonchev–Trinajstić information content (AvgIpc) is 3.28. The Morgan fingerprint density at radius 3 is 2.81 bits per heavy atom. The van der Waals surface area contributed by atoms with E-state index in [1.54, 1.807) is 17.3 Å². The summed E-state index contributed by atoms with van der Waals surface area (Å²) in [6.07, 6.45) is 5.54. The third-order valence-electron chi connectivity index (χ3n) is 5.62. The van der Waals surface area contributed by atoms with Crippen LogP contribution in [0.5, 0.6) is 5.75 Å². The van der Waals surface area contributed by atoms with Crippen molar-refractivity contribution < 1.29 is 9.53 Å². The molecule has 0 N–H and O–H groups in total. The number of carbonyl (C=O) groups excluding carboxylic acids is 1. The molecule has 1 atom stereocenters. The molecule has 0 spiro atoms. The Balaban J connectivity index is 1.39. The first-order chi connectivity index (χ1) is 15.5. The predicted octanol–water partition coefficient (Wildman–Crippen LogP) is 4.82. The molecule has 8 heteroatoms. The number of rotatable bonds is 7. The zero-order chi connectivity index (χ0) is 22.5. The molecule has 3 aromatic rings. The van der Waals surface area contributed by atoms with Crippen molar-refractivity contribution in [1.82, 2.24) is 19.8 Å². The van der Waals surface area contributed by atoms with E-state index in [1.165, 1.54) is 6.20 Å². The van der Waals surface area contributed by atoms with Gasteiger partial charge < -0.3 is 9.64 Å². The lowest BCUT2D eigenvalue weighted by Gasteiger charge is -2.25. The Hall–Kier alpha value is -2.48. The molecule has 4 rings (SSSR count). The summed E-state index contributed by atoms with van der Waals surface area (Å²) in [4.78, 5) is 25.0. The highest BCUT2D eigenvalue weighted by Gasteiger charge is 2.29. The molecule has 32 heavy (non-hydrogen) atoms. The summed E-state index contributed by atoms with van der Waals surface area (Å²) >= 11 is 9.55. The standard InChI is InChI=1S/C24H24BrClN4O2/c1-29(24(31)22-13-27-9-10-28-22)21-8-11-30(15-21)14-18-12-19(25)4-7-23(18)32-16-17-2-5-20(26)6-3-17/h2-7,9-10,12-13,21H,8,11,14-16H2,1H3. The van der Waals surface area contributed by atoms with Gasteiger partial charge in [0.25, 0.3) is 5.91 Å². The van der Waals surface area contributed by atoms with Crippen LogP contribution in [0, 0.1) is 0 Å². The highest BCUT2D eigenvalue weighted by molar-refractivity contribution is 9.10. The molecule has 1 aliphatic rings. The number of hydrogen-bond donors (Lipinski definition) is 0. The van der Waals surface area contributed by atoms with Gasteiger partial charge in [-0.25, -0.2) is 4.98 Å². The van der Waals surface area contributed by atoms with E-state index < -0.39 is 0 Å². The SMILES string of the molecule is CN(C(=O)c1cnccn1)C1CCN(Cc2cc(Br)ccc2OCc2ccc(Cl)cc2)C1. The fourth-order valence-electron chi connectivity index (χ4n) is 3.82. The Kier molecular flexibility index (Phi) is 7.40. The topological polar surface area (TPSA) is 58.6 Å². The molecule has 1 fully saturated rings. The quantitative estimate of drug-likeness (QED) is 0.452. The van der Waals surface area contributed by atoms with Crippen molar-refractivity contribution in [2.45, 2.75) is 25.6 Å². The van der Waals surface area contributed by atoms with Crippen LogP contribution in [0.2, 0.25) is 5.02 Å². The number of amides is 1. The van der Waals surface area contributed by atoms with Crippen molar-refractivity contribution in [2.75, 3.05) is 20.1 Å². The molecule has 1 amide bonds. The van der Waals surface area contributed by atoms with E-state index in [4.69, 9.17) is 16.3 Å². The van der Waals surface area contributed by atoms with Gasteiger partial charge in [0, 0.05) is 60.2 Å². The lowest BCUT2D eigenvalue weighted by molar-refractivity contribution is 0.0728. The second-order valence-electron chi connectivity index (χ2n) is 7.85. The minimum absolute atomic E-state index is 0.0978. The van der Waals surface area contributed by atoms with Gasteiger partial charge in [-0.2, -0.15) is 0 Å². The summed E-state index contributed by atoms with van der Waals surface area (Å²) in [7, 11) is 1.84. The molecule has 0 aliphatic carbocycles. The summed E-state index contributed by atoms with van der Waals surface area (Å²) in [6.45, 7) is 2.93. The maximum atomic E-state index is 12.7. The largest absolute Gasteiger partial charge is 0.489 e. The lowest BCUT2D eigenvalue weighted by atomic mass is 10.2. The molecule has 6 nitrogen and oxygen atoms in total. The van der Waals surface area contributed by atoms with Crippen LogP contribution in [0.25, 0.3) is 0 Å². The van der Waals surface area contributed by atoms with Crippen LogP contribution >= 0.6 is 27.5 Å². The zero-order valence-electron chi connectivity index (χ0n) is 17.7. The van der Waals surface area contributed by atoms with Crippen molar-refractivity contribution in [3.05, 3.63) is 87.4 Å². The van der Waals surface area contributed by atoms with Gasteiger partial charge >= 0.3 is 0 Å². The highest BCUT2D eigenvalue weighted by Crippen LogP contribution is 2.28. The van der Waals surface area contributed by atoms with Gasteiger partial charge in [-0.1, -0.05) is 39.7 Å². The van der Waals surface area contributed by atoms with Gasteiger partial charge in [0.2, 0.25) is 0 Å². The second-order valence-corrected chi connectivity index (χ2v) is 9.20. The minimum Gasteiger partial charge on any atom is -0.489 e. The number of nitrogens with zero attached hydrogens (tertiary/aromatic N) is 4. The molecule has 1 aliphatic heterocycles. The van der Waals surface area contributed by atoms with Gasteiger partial charge in [-0.05, 0) is 42.3 Å². The van der Waals surface area contributed by atoms with Gasteiger partial charge in [-0.3, -0.25) is 14.7 Å². The van der Waals surface area contributed by atoms with Gasteiger partial charge in [0.15, 0.2) is 0 Å². The van der Waals surface area contributed by atoms with Crippen LogP contribution in [0.4, 0.5) is 0 Å². The van der Waals surface area contributed by atoms with Gasteiger partial charge in [0.05, 0.1) is 6.20 Å². The molecule has 0 bridgehead atoms. The molecule has 2 aromatic carbocycles. The van der Waals surface area contributed by atoms with Crippen molar-refractivity contribution in [2.24, 2.45) is 0 Å². The van der Waals surface area contributed by atoms with Crippen molar-refractivity contribution in [3.8, 4) is 5.75 Å². The number of benzene rings is 2. The minimum atomic E-state index is -0.0978. The molecular weight excluding hydrogens is 492 g/mol. The molecule has 0 radical (unpaired) electrons. The van der Waals surface area contributed by atoms with E-state index in [-0.39, 0.29) is 11.9 Å². The third-order valence-corrected chi connectivity index (χ3v) is 6.37. The number of aromatic nitrogens is 2. The second kappa shape index (κ2) is 10.4. The third kappa shape index (κ3) is 5.65. The van der Waals surface area contributed by atoms with Crippen LogP contribution in [0.3, 0.4) is 0 Å². The van der Waals surface area contributed by atoms with Crippen molar-refractivity contribution in [1.29, 1.82) is 0 Å². The van der Waals surface area contributed by atoms with Crippen LogP contribution in [-0.4, -0.2) is 51.9 Å². The van der Waals surface area contributed by atoms with Crippen LogP contribution in [0.15, 0.2) is 65.5 Å². The monoisotopic (exact) mass is 514 g/mol. The van der Waals surface area contributed by atoms with E-state index in [2.05, 4.69) is 36.9 Å². The molecule has 1 aromatic heterocycles. The Morgan fingerprint density at radius 1 is 1.25 bits per heavy atom. The molecule has 166 valence electrons. The smallest absolute Gasteiger partial charge is 0.274 e. The fourth-order valence-corrected chi connectivity index (χ4v) is 4.36. The fraction of sp³-hybridized carbons (Fsp3) is 0.292. The average molecular weight is 516 g/mol. The number of halogens is 2. The zero-order valence-corrected chi connectivity index (χ0v) is 20.1. The van der Waals surface area contributed by atoms with E-state index in [0.717, 1.165) is 47.4 Å². The Bertz CT molecular complexity index is 1070. The van der Waals surface area contributed by atoms with Gasteiger partial charge in [0.1, 0.15) is 18.1 Å². The summed E-state index contributed by atoms with van der Waals surface area (Å²) in [5, 5.41) is 0.712. The van der Waals surface area contributed by atoms with E-state index in [9.17, 15) is 4.79 Å². The number of likely N-dealkylation sites (tertiary alicyclic amines) is 1. The summed E-state index contributed by atoms with van der Waals surface area (Å²) in [6, 6.07) is 13.9. The molecule has 1 saturated heterocycles. The Labute approximate surface area is 201 Å².